The summed E-state index contributed by atoms with van der Waals surface area (Å²) in [6.07, 6.45) is 7.41. The molecule has 308 valence electrons. The van der Waals surface area contributed by atoms with E-state index in [2.05, 4.69) is 252 Å². The van der Waals surface area contributed by atoms with Gasteiger partial charge in [0.1, 0.15) is 11.6 Å². The lowest BCUT2D eigenvalue weighted by Gasteiger charge is -2.30. The highest BCUT2D eigenvalue weighted by atomic mass is 15.3. The Hall–Kier alpha value is -7.38. The maximum atomic E-state index is 4.38. The van der Waals surface area contributed by atoms with Gasteiger partial charge in [-0.3, -0.25) is 19.8 Å². The summed E-state index contributed by atoms with van der Waals surface area (Å²) in [6, 6.07) is 60.8. The lowest BCUT2D eigenvalue weighted by atomic mass is 10.0. The van der Waals surface area contributed by atoms with Crippen LogP contribution < -0.4 is 9.80 Å². The third-order valence-corrected chi connectivity index (χ3v) is 11.5. The molecule has 0 aliphatic carbocycles. The standard InChI is InChI=1S/C55H53N7/c1-54(2,3)61-48(40-14-10-8-11-15-40)26-28-50(61)42-18-22-44(23-19-42)59(46-32-36-56-37-33-46)52-30-31-53(58(52)7)60(47-34-38-57-39-35-47)45-24-20-43(21-25-45)51-29-27-49(62(51)55(4,5)6)41-16-12-9-13-17-41/h8-39H,1-7H3. The van der Waals surface area contributed by atoms with Gasteiger partial charge < -0.3 is 13.7 Å². The molecule has 9 rings (SSSR count). The molecule has 0 amide bonds. The number of pyridine rings is 2. The Morgan fingerprint density at radius 1 is 0.339 bits per heavy atom. The molecule has 5 aromatic heterocycles. The van der Waals surface area contributed by atoms with E-state index >= 15 is 0 Å². The van der Waals surface area contributed by atoms with E-state index in [9.17, 15) is 0 Å². The summed E-state index contributed by atoms with van der Waals surface area (Å²) >= 11 is 0. The predicted molar refractivity (Wildman–Crippen MR) is 258 cm³/mol. The molecule has 0 saturated heterocycles. The highest BCUT2D eigenvalue weighted by molar-refractivity contribution is 5.83. The van der Waals surface area contributed by atoms with Crippen LogP contribution in [0.2, 0.25) is 0 Å². The van der Waals surface area contributed by atoms with Gasteiger partial charge in [-0.25, -0.2) is 0 Å². The first kappa shape index (κ1) is 40.0. The van der Waals surface area contributed by atoms with Crippen LogP contribution in [0.5, 0.6) is 0 Å². The third kappa shape index (κ3) is 7.62. The summed E-state index contributed by atoms with van der Waals surface area (Å²) in [5.74, 6) is 2.02. The summed E-state index contributed by atoms with van der Waals surface area (Å²) in [6.45, 7) is 13.6. The van der Waals surface area contributed by atoms with Crippen LogP contribution >= 0.6 is 0 Å². The van der Waals surface area contributed by atoms with Gasteiger partial charge in [-0.05, 0) is 149 Å². The van der Waals surface area contributed by atoms with Crippen molar-refractivity contribution in [3.8, 4) is 45.0 Å². The van der Waals surface area contributed by atoms with E-state index in [1.54, 1.807) is 0 Å². The van der Waals surface area contributed by atoms with Crippen LogP contribution in [-0.4, -0.2) is 23.7 Å². The normalized spacial score (nSPS) is 11.8. The number of hydrogen-bond acceptors (Lipinski definition) is 4. The van der Waals surface area contributed by atoms with Gasteiger partial charge in [-0.15, -0.1) is 0 Å². The van der Waals surface area contributed by atoms with E-state index in [-0.39, 0.29) is 11.1 Å². The van der Waals surface area contributed by atoms with Gasteiger partial charge in [-0.1, -0.05) is 84.9 Å². The third-order valence-electron chi connectivity index (χ3n) is 11.5. The molecule has 7 nitrogen and oxygen atoms in total. The van der Waals surface area contributed by atoms with Crippen LogP contribution in [0.3, 0.4) is 0 Å². The molecular formula is C55H53N7. The second kappa shape index (κ2) is 16.2. The molecule has 0 atom stereocenters. The maximum Gasteiger partial charge on any atom is 0.119 e. The molecule has 5 heterocycles. The van der Waals surface area contributed by atoms with Crippen LogP contribution in [-0.2, 0) is 18.1 Å². The minimum absolute atomic E-state index is 0.129. The monoisotopic (exact) mass is 811 g/mol. The van der Waals surface area contributed by atoms with E-state index in [4.69, 9.17) is 0 Å². The average molecular weight is 812 g/mol. The van der Waals surface area contributed by atoms with Crippen LogP contribution in [0.1, 0.15) is 41.5 Å². The second-order valence-electron chi connectivity index (χ2n) is 17.7. The quantitative estimate of drug-likeness (QED) is 0.138. The number of rotatable bonds is 10. The minimum Gasteiger partial charge on any atom is -0.335 e. The zero-order valence-electron chi connectivity index (χ0n) is 36.6. The van der Waals surface area contributed by atoms with Crippen LogP contribution in [0.4, 0.5) is 34.4 Å². The lowest BCUT2D eigenvalue weighted by Crippen LogP contribution is -2.23. The Morgan fingerprint density at radius 3 is 0.935 bits per heavy atom. The first-order valence-corrected chi connectivity index (χ1v) is 21.3. The number of benzene rings is 4. The molecule has 0 saturated carbocycles. The fourth-order valence-corrected chi connectivity index (χ4v) is 8.75. The minimum atomic E-state index is -0.129. The van der Waals surface area contributed by atoms with Crippen molar-refractivity contribution in [2.45, 2.75) is 52.6 Å². The summed E-state index contributed by atoms with van der Waals surface area (Å²) in [7, 11) is 2.14. The van der Waals surface area contributed by atoms with E-state index in [0.29, 0.717) is 0 Å². The summed E-state index contributed by atoms with van der Waals surface area (Å²) in [5, 5.41) is 0. The molecule has 0 radical (unpaired) electrons. The SMILES string of the molecule is Cn1c(N(c2ccncc2)c2ccc(-c3ccc(-c4ccccc4)n3C(C)(C)C)cc2)ccc1N(c1ccncc1)c1ccc(-c2ccc(-c3ccccc3)n2C(C)(C)C)cc1. The van der Waals surface area contributed by atoms with E-state index < -0.39 is 0 Å². The van der Waals surface area contributed by atoms with Crippen molar-refractivity contribution in [2.24, 2.45) is 7.05 Å². The summed E-state index contributed by atoms with van der Waals surface area (Å²) in [4.78, 5) is 13.3. The summed E-state index contributed by atoms with van der Waals surface area (Å²) in [5.41, 5.74) is 13.4. The molecule has 7 heteroatoms. The topological polar surface area (TPSA) is 47.1 Å². The molecule has 0 aliphatic rings. The molecule has 0 fully saturated rings. The van der Waals surface area contributed by atoms with Crippen LogP contribution in [0.15, 0.2) is 195 Å². The van der Waals surface area contributed by atoms with Crippen molar-refractivity contribution < 1.29 is 0 Å². The molecular weight excluding hydrogens is 759 g/mol. The second-order valence-corrected chi connectivity index (χ2v) is 17.7. The Bertz CT molecular complexity index is 2690. The highest BCUT2D eigenvalue weighted by Crippen LogP contribution is 2.43. The molecule has 4 aromatic carbocycles. The first-order chi connectivity index (χ1) is 30.0. The van der Waals surface area contributed by atoms with E-state index in [1.165, 1.54) is 33.9 Å². The highest BCUT2D eigenvalue weighted by Gasteiger charge is 2.26. The fraction of sp³-hybridized carbons (Fsp3) is 0.164. The van der Waals surface area contributed by atoms with Gasteiger partial charge >= 0.3 is 0 Å². The van der Waals surface area contributed by atoms with Gasteiger partial charge in [0, 0.05) is 77.1 Å². The molecule has 0 unspecified atom stereocenters. The van der Waals surface area contributed by atoms with Crippen molar-refractivity contribution in [3.63, 3.8) is 0 Å². The van der Waals surface area contributed by atoms with Gasteiger partial charge in [0.15, 0.2) is 0 Å². The van der Waals surface area contributed by atoms with Crippen LogP contribution in [0, 0.1) is 0 Å². The van der Waals surface area contributed by atoms with Gasteiger partial charge in [-0.2, -0.15) is 0 Å². The van der Waals surface area contributed by atoms with Crippen molar-refractivity contribution >= 4 is 34.4 Å². The van der Waals surface area contributed by atoms with E-state index in [1.807, 2.05) is 24.8 Å². The molecule has 62 heavy (non-hydrogen) atoms. The Kier molecular flexibility index (Phi) is 10.5. The molecule has 0 spiro atoms. The number of hydrogen-bond donors (Lipinski definition) is 0. The van der Waals surface area contributed by atoms with Crippen LogP contribution in [0.25, 0.3) is 45.0 Å². The zero-order chi connectivity index (χ0) is 43.0. The maximum absolute atomic E-state index is 4.38. The van der Waals surface area contributed by atoms with Crippen molar-refractivity contribution in [2.75, 3.05) is 9.80 Å². The zero-order valence-corrected chi connectivity index (χ0v) is 36.6. The largest absolute Gasteiger partial charge is 0.335 e. The molecule has 9 aromatic rings. The van der Waals surface area contributed by atoms with Gasteiger partial charge in [0.2, 0.25) is 0 Å². The molecule has 0 bridgehead atoms. The number of anilines is 6. The number of nitrogens with zero attached hydrogens (tertiary/aromatic N) is 7. The Labute approximate surface area is 365 Å². The first-order valence-electron chi connectivity index (χ1n) is 21.3. The smallest absolute Gasteiger partial charge is 0.119 e. The molecule has 0 aliphatic heterocycles. The Morgan fingerprint density at radius 2 is 0.629 bits per heavy atom. The fourth-order valence-electron chi connectivity index (χ4n) is 8.75. The van der Waals surface area contributed by atoms with Crippen molar-refractivity contribution in [1.82, 2.24) is 23.7 Å². The number of aromatic nitrogens is 5. The van der Waals surface area contributed by atoms with Crippen molar-refractivity contribution in [1.29, 1.82) is 0 Å². The average Bonchev–Trinajstić information content (AvgIpc) is 4.04. The summed E-state index contributed by atoms with van der Waals surface area (Å²) < 4.78 is 7.16. The van der Waals surface area contributed by atoms with Gasteiger partial charge in [0.05, 0.1) is 11.4 Å². The van der Waals surface area contributed by atoms with E-state index in [0.717, 1.165) is 45.5 Å². The molecule has 0 N–H and O–H groups in total. The predicted octanol–water partition coefficient (Wildman–Crippen LogP) is 14.5. The Balaban J connectivity index is 1.10. The lowest BCUT2D eigenvalue weighted by molar-refractivity contribution is 0.407. The van der Waals surface area contributed by atoms with Crippen molar-refractivity contribution in [3.05, 3.63) is 195 Å². The van der Waals surface area contributed by atoms with Gasteiger partial charge in [0.25, 0.3) is 0 Å².